The molecule has 0 amide bonds. The fraction of sp³-hybridized carbons (Fsp3) is 0.154. The van der Waals surface area contributed by atoms with Gasteiger partial charge in [0.1, 0.15) is 11.6 Å². The Morgan fingerprint density at radius 1 is 1.28 bits per heavy atom. The minimum absolute atomic E-state index is 0.626. The zero-order valence-electron chi connectivity index (χ0n) is 10.0. The quantitative estimate of drug-likeness (QED) is 0.841. The van der Waals surface area contributed by atoms with Crippen molar-refractivity contribution in [3.05, 3.63) is 46.0 Å². The standard InChI is InChI=1S/C13H12BrClN2O/c1-17(13-6-3-9(14)8-16-13)12-5-4-10(18-2)7-11(12)15/h3-8H,1-2H3. The third-order valence-electron chi connectivity index (χ3n) is 2.57. The maximum atomic E-state index is 6.23. The Balaban J connectivity index is 2.33. The first-order valence-electron chi connectivity index (χ1n) is 5.30. The summed E-state index contributed by atoms with van der Waals surface area (Å²) in [5, 5.41) is 0.626. The summed E-state index contributed by atoms with van der Waals surface area (Å²) in [5.41, 5.74) is 0.882. The van der Waals surface area contributed by atoms with Crippen LogP contribution >= 0.6 is 27.5 Å². The summed E-state index contributed by atoms with van der Waals surface area (Å²) in [6, 6.07) is 9.43. The fourth-order valence-corrected chi connectivity index (χ4v) is 2.11. The lowest BCUT2D eigenvalue weighted by Gasteiger charge is -2.20. The molecule has 0 saturated carbocycles. The molecule has 1 heterocycles. The topological polar surface area (TPSA) is 25.4 Å². The first-order chi connectivity index (χ1) is 8.61. The third kappa shape index (κ3) is 2.76. The van der Waals surface area contributed by atoms with E-state index in [1.807, 2.05) is 36.2 Å². The zero-order valence-corrected chi connectivity index (χ0v) is 12.4. The second kappa shape index (κ2) is 5.59. The van der Waals surface area contributed by atoms with Crippen LogP contribution in [0.15, 0.2) is 41.0 Å². The number of hydrogen-bond acceptors (Lipinski definition) is 3. The molecule has 94 valence electrons. The van der Waals surface area contributed by atoms with E-state index in [1.165, 1.54) is 0 Å². The number of rotatable bonds is 3. The molecule has 0 aliphatic rings. The number of benzene rings is 1. The van der Waals surface area contributed by atoms with Crippen LogP contribution < -0.4 is 9.64 Å². The minimum atomic E-state index is 0.626. The van der Waals surface area contributed by atoms with Gasteiger partial charge in [0, 0.05) is 23.8 Å². The van der Waals surface area contributed by atoms with Gasteiger partial charge in [-0.05, 0) is 40.2 Å². The Kier molecular flexibility index (Phi) is 4.09. The molecule has 1 aromatic carbocycles. The molecule has 2 aromatic rings. The monoisotopic (exact) mass is 326 g/mol. The van der Waals surface area contributed by atoms with Gasteiger partial charge < -0.3 is 9.64 Å². The van der Waals surface area contributed by atoms with Gasteiger partial charge in [-0.25, -0.2) is 4.98 Å². The molecule has 5 heteroatoms. The Morgan fingerprint density at radius 2 is 2.06 bits per heavy atom. The van der Waals surface area contributed by atoms with E-state index in [2.05, 4.69) is 20.9 Å². The predicted octanol–water partition coefficient (Wildman–Crippen LogP) is 4.27. The maximum Gasteiger partial charge on any atom is 0.132 e. The number of nitrogens with zero attached hydrogens (tertiary/aromatic N) is 2. The van der Waals surface area contributed by atoms with Crippen LogP contribution in [0.5, 0.6) is 5.75 Å². The molecule has 1 aromatic heterocycles. The third-order valence-corrected chi connectivity index (χ3v) is 3.34. The summed E-state index contributed by atoms with van der Waals surface area (Å²) in [6.45, 7) is 0. The van der Waals surface area contributed by atoms with Crippen molar-refractivity contribution in [3.63, 3.8) is 0 Å². The second-order valence-corrected chi connectivity index (χ2v) is 5.03. The lowest BCUT2D eigenvalue weighted by molar-refractivity contribution is 0.415. The highest BCUT2D eigenvalue weighted by Gasteiger charge is 2.10. The van der Waals surface area contributed by atoms with Crippen molar-refractivity contribution in [1.82, 2.24) is 4.98 Å². The van der Waals surface area contributed by atoms with Crippen molar-refractivity contribution < 1.29 is 4.74 Å². The van der Waals surface area contributed by atoms with Crippen molar-refractivity contribution in [2.45, 2.75) is 0 Å². The first kappa shape index (κ1) is 13.2. The average molecular weight is 328 g/mol. The summed E-state index contributed by atoms with van der Waals surface area (Å²) in [7, 11) is 3.54. The predicted molar refractivity (Wildman–Crippen MR) is 78.0 cm³/mol. The van der Waals surface area contributed by atoms with Gasteiger partial charge in [0.05, 0.1) is 17.8 Å². The highest BCUT2D eigenvalue weighted by molar-refractivity contribution is 9.10. The molecular formula is C13H12BrClN2O. The van der Waals surface area contributed by atoms with Gasteiger partial charge in [-0.1, -0.05) is 11.6 Å². The van der Waals surface area contributed by atoms with Crippen molar-refractivity contribution in [2.24, 2.45) is 0 Å². The SMILES string of the molecule is COc1ccc(N(C)c2ccc(Br)cn2)c(Cl)c1. The molecule has 0 unspecified atom stereocenters. The van der Waals surface area contributed by atoms with Gasteiger partial charge in [0.25, 0.3) is 0 Å². The summed E-state index contributed by atoms with van der Waals surface area (Å²) < 4.78 is 6.07. The second-order valence-electron chi connectivity index (χ2n) is 3.71. The van der Waals surface area contributed by atoms with E-state index in [4.69, 9.17) is 16.3 Å². The van der Waals surface area contributed by atoms with E-state index in [0.717, 1.165) is 21.7 Å². The Labute approximate surface area is 119 Å². The molecule has 0 aliphatic carbocycles. The zero-order chi connectivity index (χ0) is 13.1. The van der Waals surface area contributed by atoms with Crippen LogP contribution in [-0.4, -0.2) is 19.1 Å². The average Bonchev–Trinajstić information content (AvgIpc) is 2.38. The molecular weight excluding hydrogens is 316 g/mol. The Bertz CT molecular complexity index is 545. The highest BCUT2D eigenvalue weighted by Crippen LogP contribution is 2.32. The normalized spacial score (nSPS) is 10.2. The van der Waals surface area contributed by atoms with Gasteiger partial charge >= 0.3 is 0 Å². The van der Waals surface area contributed by atoms with Crippen molar-refractivity contribution >= 4 is 39.0 Å². The number of hydrogen-bond donors (Lipinski definition) is 0. The van der Waals surface area contributed by atoms with Crippen LogP contribution in [0.25, 0.3) is 0 Å². The van der Waals surface area contributed by atoms with E-state index in [0.29, 0.717) is 5.02 Å². The van der Waals surface area contributed by atoms with Crippen LogP contribution in [0.1, 0.15) is 0 Å². The van der Waals surface area contributed by atoms with Crippen molar-refractivity contribution in [3.8, 4) is 5.75 Å². The molecule has 0 bridgehead atoms. The van der Waals surface area contributed by atoms with E-state index >= 15 is 0 Å². The maximum absolute atomic E-state index is 6.23. The van der Waals surface area contributed by atoms with Crippen LogP contribution in [0.2, 0.25) is 5.02 Å². The molecule has 2 rings (SSSR count). The number of pyridine rings is 1. The van der Waals surface area contributed by atoms with Crippen molar-refractivity contribution in [1.29, 1.82) is 0 Å². The molecule has 18 heavy (non-hydrogen) atoms. The Morgan fingerprint density at radius 3 is 2.61 bits per heavy atom. The summed E-state index contributed by atoms with van der Waals surface area (Å²) in [5.74, 6) is 1.56. The first-order valence-corrected chi connectivity index (χ1v) is 6.47. The number of aromatic nitrogens is 1. The summed E-state index contributed by atoms with van der Waals surface area (Å²) >= 11 is 9.59. The van der Waals surface area contributed by atoms with Gasteiger partial charge in [0.2, 0.25) is 0 Å². The van der Waals surface area contributed by atoms with Crippen LogP contribution in [0, 0.1) is 0 Å². The molecule has 0 aliphatic heterocycles. The lowest BCUT2D eigenvalue weighted by Crippen LogP contribution is -2.11. The van der Waals surface area contributed by atoms with E-state index < -0.39 is 0 Å². The van der Waals surface area contributed by atoms with Crippen LogP contribution in [0.3, 0.4) is 0 Å². The number of anilines is 2. The van der Waals surface area contributed by atoms with Gasteiger partial charge in [0.15, 0.2) is 0 Å². The van der Waals surface area contributed by atoms with Crippen LogP contribution in [0.4, 0.5) is 11.5 Å². The van der Waals surface area contributed by atoms with Crippen LogP contribution in [-0.2, 0) is 0 Å². The molecule has 0 saturated heterocycles. The van der Waals surface area contributed by atoms with Gasteiger partial charge in [-0.15, -0.1) is 0 Å². The minimum Gasteiger partial charge on any atom is -0.497 e. The molecule has 0 N–H and O–H groups in total. The van der Waals surface area contributed by atoms with Gasteiger partial charge in [-0.2, -0.15) is 0 Å². The number of methoxy groups -OCH3 is 1. The molecule has 0 spiro atoms. The van der Waals surface area contributed by atoms with Gasteiger partial charge in [-0.3, -0.25) is 0 Å². The summed E-state index contributed by atoms with van der Waals surface area (Å²) in [4.78, 5) is 6.25. The number of halogens is 2. The molecule has 0 fully saturated rings. The molecule has 3 nitrogen and oxygen atoms in total. The fourth-order valence-electron chi connectivity index (χ4n) is 1.58. The van der Waals surface area contributed by atoms with E-state index in [1.54, 1.807) is 19.4 Å². The van der Waals surface area contributed by atoms with E-state index in [-0.39, 0.29) is 0 Å². The Hall–Kier alpha value is -1.26. The number of ether oxygens (including phenoxy) is 1. The molecule has 0 radical (unpaired) electrons. The largest absolute Gasteiger partial charge is 0.497 e. The summed E-state index contributed by atoms with van der Waals surface area (Å²) in [6.07, 6.45) is 1.75. The van der Waals surface area contributed by atoms with Crippen molar-refractivity contribution in [2.75, 3.05) is 19.1 Å². The van der Waals surface area contributed by atoms with E-state index in [9.17, 15) is 0 Å². The lowest BCUT2D eigenvalue weighted by atomic mass is 10.2. The molecule has 0 atom stereocenters. The highest BCUT2D eigenvalue weighted by atomic mass is 79.9. The smallest absolute Gasteiger partial charge is 0.132 e.